The number of ether oxygens (including phenoxy) is 1. The molecule has 0 saturated carbocycles. The van der Waals surface area contributed by atoms with Crippen LogP contribution in [0.1, 0.15) is 17.9 Å². The molecular formula is C19H14BrNO3. The van der Waals surface area contributed by atoms with Crippen molar-refractivity contribution >= 4 is 33.5 Å². The monoisotopic (exact) mass is 383 g/mol. The fraction of sp³-hybridized carbons (Fsp3) is 0.158. The summed E-state index contributed by atoms with van der Waals surface area (Å²) in [4.78, 5) is 26.7. The number of esters is 1. The Balaban J connectivity index is 1.82. The van der Waals surface area contributed by atoms with Gasteiger partial charge in [0.25, 0.3) is 0 Å². The Morgan fingerprint density at radius 2 is 1.71 bits per heavy atom. The highest BCUT2D eigenvalue weighted by molar-refractivity contribution is 9.10. The molecule has 0 fully saturated rings. The molecule has 1 atom stereocenters. The summed E-state index contributed by atoms with van der Waals surface area (Å²) in [6, 6.07) is 17.1. The minimum atomic E-state index is -0.327. The van der Waals surface area contributed by atoms with E-state index >= 15 is 0 Å². The van der Waals surface area contributed by atoms with Gasteiger partial charge in [0.15, 0.2) is 0 Å². The van der Waals surface area contributed by atoms with Gasteiger partial charge in [0.05, 0.1) is 11.3 Å². The summed E-state index contributed by atoms with van der Waals surface area (Å²) in [5.74, 6) is -0.604. The highest BCUT2D eigenvalue weighted by atomic mass is 79.9. The smallest absolute Gasteiger partial charge is 0.336 e. The molecule has 4 nitrogen and oxygen atoms in total. The zero-order chi connectivity index (χ0) is 16.7. The van der Waals surface area contributed by atoms with Gasteiger partial charge in [-0.3, -0.25) is 9.69 Å². The molecule has 24 heavy (non-hydrogen) atoms. The Hall–Kier alpha value is -2.40. The molecule has 2 heterocycles. The predicted molar refractivity (Wildman–Crippen MR) is 93.4 cm³/mol. The number of para-hydroxylation sites is 1. The van der Waals surface area contributed by atoms with Crippen LogP contribution in [0.25, 0.3) is 0 Å². The largest absolute Gasteiger partial charge is 0.456 e. The number of nitrogens with zero attached hydrogens (tertiary/aromatic N) is 1. The van der Waals surface area contributed by atoms with Crippen LogP contribution in [0.15, 0.2) is 70.3 Å². The van der Waals surface area contributed by atoms with E-state index in [9.17, 15) is 9.59 Å². The van der Waals surface area contributed by atoms with Gasteiger partial charge in [-0.1, -0.05) is 46.3 Å². The van der Waals surface area contributed by atoms with E-state index in [1.165, 1.54) is 0 Å². The summed E-state index contributed by atoms with van der Waals surface area (Å²) in [5.41, 5.74) is 2.98. The lowest BCUT2D eigenvalue weighted by atomic mass is 9.84. The van der Waals surface area contributed by atoms with Crippen molar-refractivity contribution in [3.05, 3.63) is 75.9 Å². The number of anilines is 1. The molecule has 0 spiro atoms. The first-order chi connectivity index (χ1) is 11.6. The Kier molecular flexibility index (Phi) is 3.73. The summed E-state index contributed by atoms with van der Waals surface area (Å²) in [7, 11) is 0. The summed E-state index contributed by atoms with van der Waals surface area (Å²) >= 11 is 3.41. The van der Waals surface area contributed by atoms with Crippen LogP contribution in [-0.2, 0) is 14.3 Å². The Morgan fingerprint density at radius 1 is 1.00 bits per heavy atom. The normalized spacial score (nSPS) is 20.2. The fourth-order valence-corrected chi connectivity index (χ4v) is 3.57. The van der Waals surface area contributed by atoms with E-state index in [-0.39, 0.29) is 30.8 Å². The Labute approximate surface area is 147 Å². The van der Waals surface area contributed by atoms with Crippen molar-refractivity contribution in [2.24, 2.45) is 0 Å². The second kappa shape index (κ2) is 5.91. The molecule has 2 aromatic carbocycles. The van der Waals surface area contributed by atoms with Crippen LogP contribution in [0.2, 0.25) is 0 Å². The lowest BCUT2D eigenvalue weighted by Gasteiger charge is -2.31. The van der Waals surface area contributed by atoms with E-state index in [4.69, 9.17) is 4.74 Å². The molecule has 0 bridgehead atoms. The van der Waals surface area contributed by atoms with Gasteiger partial charge in [-0.15, -0.1) is 0 Å². The van der Waals surface area contributed by atoms with Gasteiger partial charge in [0.2, 0.25) is 5.91 Å². The van der Waals surface area contributed by atoms with Crippen molar-refractivity contribution in [1.82, 2.24) is 0 Å². The van der Waals surface area contributed by atoms with E-state index in [2.05, 4.69) is 15.9 Å². The summed E-state index contributed by atoms with van der Waals surface area (Å²) in [5, 5.41) is 0. The van der Waals surface area contributed by atoms with Crippen molar-refractivity contribution < 1.29 is 14.3 Å². The van der Waals surface area contributed by atoms with Gasteiger partial charge in [0.1, 0.15) is 6.61 Å². The Morgan fingerprint density at radius 3 is 2.42 bits per heavy atom. The lowest BCUT2D eigenvalue weighted by molar-refractivity contribution is -0.136. The highest BCUT2D eigenvalue weighted by Crippen LogP contribution is 2.41. The minimum absolute atomic E-state index is 0.0221. The first-order valence-corrected chi connectivity index (χ1v) is 8.48. The van der Waals surface area contributed by atoms with Gasteiger partial charge in [-0.2, -0.15) is 0 Å². The molecule has 0 aromatic heterocycles. The van der Waals surface area contributed by atoms with Crippen LogP contribution in [0.4, 0.5) is 5.69 Å². The van der Waals surface area contributed by atoms with E-state index in [0.29, 0.717) is 11.3 Å². The molecule has 2 aliphatic rings. The molecule has 120 valence electrons. The fourth-order valence-electron chi connectivity index (χ4n) is 3.31. The SMILES string of the molecule is O=C1OCC2=C1[C@@H](c1ccc(Br)cc1)CC(=O)N2c1ccccc1. The number of hydrogen-bond donors (Lipinski definition) is 0. The molecule has 2 aliphatic heterocycles. The van der Waals surface area contributed by atoms with Crippen molar-refractivity contribution in [2.75, 3.05) is 11.5 Å². The average Bonchev–Trinajstić information content (AvgIpc) is 2.97. The predicted octanol–water partition coefficient (Wildman–Crippen LogP) is 3.78. The summed E-state index contributed by atoms with van der Waals surface area (Å²) < 4.78 is 6.22. The molecule has 0 aliphatic carbocycles. The number of benzene rings is 2. The highest BCUT2D eigenvalue weighted by Gasteiger charge is 2.42. The third-order valence-corrected chi connectivity index (χ3v) is 4.93. The van der Waals surface area contributed by atoms with Crippen molar-refractivity contribution in [2.45, 2.75) is 12.3 Å². The summed E-state index contributed by atoms with van der Waals surface area (Å²) in [6.07, 6.45) is 0.254. The van der Waals surface area contributed by atoms with Gasteiger partial charge in [-0.05, 0) is 29.8 Å². The van der Waals surface area contributed by atoms with Crippen LogP contribution in [0.3, 0.4) is 0 Å². The first-order valence-electron chi connectivity index (χ1n) is 7.69. The first kappa shape index (κ1) is 15.1. The number of halogens is 1. The van der Waals surface area contributed by atoms with Crippen LogP contribution in [-0.4, -0.2) is 18.5 Å². The van der Waals surface area contributed by atoms with E-state index in [0.717, 1.165) is 15.7 Å². The molecular weight excluding hydrogens is 370 g/mol. The third-order valence-electron chi connectivity index (χ3n) is 4.40. The van der Waals surface area contributed by atoms with Gasteiger partial charge in [-0.25, -0.2) is 4.79 Å². The minimum Gasteiger partial charge on any atom is -0.456 e. The van der Waals surface area contributed by atoms with Crippen molar-refractivity contribution in [3.63, 3.8) is 0 Å². The maximum Gasteiger partial charge on any atom is 0.336 e. The molecule has 1 amide bonds. The maximum atomic E-state index is 12.8. The molecule has 0 saturated heterocycles. The van der Waals surface area contributed by atoms with Crippen LogP contribution < -0.4 is 4.90 Å². The number of carbonyl (C=O) groups excluding carboxylic acids is 2. The number of amides is 1. The standard InChI is InChI=1S/C19H14BrNO3/c20-13-8-6-12(7-9-13)15-10-17(22)21(14-4-2-1-3-5-14)16-11-24-19(23)18(15)16/h1-9,15H,10-11H2/t15-/m1/s1. The quantitative estimate of drug-likeness (QED) is 0.741. The Bertz CT molecular complexity index is 843. The number of carbonyl (C=O) groups is 2. The second-order valence-electron chi connectivity index (χ2n) is 5.81. The summed E-state index contributed by atoms with van der Waals surface area (Å²) in [6.45, 7) is 0.141. The van der Waals surface area contributed by atoms with Crippen LogP contribution >= 0.6 is 15.9 Å². The zero-order valence-electron chi connectivity index (χ0n) is 12.7. The van der Waals surface area contributed by atoms with Crippen molar-refractivity contribution in [1.29, 1.82) is 0 Å². The molecule has 5 heteroatoms. The van der Waals surface area contributed by atoms with Gasteiger partial charge in [0, 0.05) is 22.5 Å². The molecule has 0 unspecified atom stereocenters. The van der Waals surface area contributed by atoms with E-state index < -0.39 is 0 Å². The number of rotatable bonds is 2. The second-order valence-corrected chi connectivity index (χ2v) is 6.73. The van der Waals surface area contributed by atoms with Gasteiger partial charge >= 0.3 is 5.97 Å². The topological polar surface area (TPSA) is 46.6 Å². The van der Waals surface area contributed by atoms with Gasteiger partial charge < -0.3 is 4.74 Å². The number of hydrogen-bond acceptors (Lipinski definition) is 3. The van der Waals surface area contributed by atoms with E-state index in [1.54, 1.807) is 4.90 Å². The average molecular weight is 384 g/mol. The van der Waals surface area contributed by atoms with Crippen LogP contribution in [0.5, 0.6) is 0 Å². The van der Waals surface area contributed by atoms with E-state index in [1.807, 2.05) is 54.6 Å². The van der Waals surface area contributed by atoms with Crippen LogP contribution in [0, 0.1) is 0 Å². The zero-order valence-corrected chi connectivity index (χ0v) is 14.3. The maximum absolute atomic E-state index is 12.8. The molecule has 2 aromatic rings. The third kappa shape index (κ3) is 2.45. The molecule has 4 rings (SSSR count). The van der Waals surface area contributed by atoms with Crippen molar-refractivity contribution in [3.8, 4) is 0 Å². The number of cyclic esters (lactones) is 1. The lowest BCUT2D eigenvalue weighted by Crippen LogP contribution is -2.37. The molecule has 0 radical (unpaired) electrons. The molecule has 0 N–H and O–H groups in total.